The van der Waals surface area contributed by atoms with Crippen molar-refractivity contribution in [3.63, 3.8) is 0 Å². The third kappa shape index (κ3) is 9.46. The summed E-state index contributed by atoms with van der Waals surface area (Å²) < 4.78 is 10.8. The monoisotopic (exact) mass is 428 g/mol. The van der Waals surface area contributed by atoms with E-state index in [0.29, 0.717) is 24.4 Å². The summed E-state index contributed by atoms with van der Waals surface area (Å²) in [5.74, 6) is 0.758. The molecule has 0 aliphatic carbocycles. The molecule has 0 spiro atoms. The van der Waals surface area contributed by atoms with Crippen LogP contribution in [0.15, 0.2) is 12.1 Å². The highest BCUT2D eigenvalue weighted by atomic mass is 79.9. The van der Waals surface area contributed by atoms with Crippen molar-refractivity contribution in [3.8, 4) is 17.2 Å². The Morgan fingerprint density at radius 1 is 0.923 bits per heavy atom. The Morgan fingerprint density at radius 3 is 1.96 bits per heavy atom. The molecule has 0 aromatic heterocycles. The Kier molecular flexibility index (Phi) is 13.1. The van der Waals surface area contributed by atoms with Crippen LogP contribution in [-0.4, -0.2) is 30.4 Å². The first kappa shape index (κ1) is 22.8. The Bertz CT molecular complexity index is 505. The highest BCUT2D eigenvalue weighted by Crippen LogP contribution is 2.32. The molecule has 1 rings (SSSR count). The first-order valence-corrected chi connectivity index (χ1v) is 10.9. The minimum atomic E-state index is -0.110. The van der Waals surface area contributed by atoms with Crippen LogP contribution in [-0.2, 0) is 0 Å². The highest BCUT2D eigenvalue weighted by Gasteiger charge is 2.11. The Balaban J connectivity index is 2.04. The molecule has 0 radical (unpaired) electrons. The lowest BCUT2D eigenvalue weighted by molar-refractivity contribution is 0.111. The number of halogens is 1. The van der Waals surface area contributed by atoms with Gasteiger partial charge in [0.15, 0.2) is 6.29 Å². The normalized spacial score (nSPS) is 10.7. The quantitative estimate of drug-likeness (QED) is 0.191. The standard InChI is InChI=1S/C21H33BrO4/c1-25-21-16-18(15-20(24)19(21)17-23)26-14-12-10-8-6-4-2-3-5-7-9-11-13-22/h15-17,24H,2-14H2,1H3. The van der Waals surface area contributed by atoms with E-state index in [1.807, 2.05) is 0 Å². The minimum absolute atomic E-state index is 0.110. The van der Waals surface area contributed by atoms with Crippen molar-refractivity contribution >= 4 is 22.2 Å². The second-order valence-electron chi connectivity index (χ2n) is 6.60. The zero-order valence-corrected chi connectivity index (χ0v) is 17.6. The fraction of sp³-hybridized carbons (Fsp3) is 0.667. The molecular formula is C21H33BrO4. The highest BCUT2D eigenvalue weighted by molar-refractivity contribution is 9.09. The fourth-order valence-corrected chi connectivity index (χ4v) is 3.33. The molecule has 148 valence electrons. The zero-order valence-electron chi connectivity index (χ0n) is 16.0. The maximum absolute atomic E-state index is 10.9. The van der Waals surface area contributed by atoms with E-state index >= 15 is 0 Å². The molecule has 0 saturated heterocycles. The summed E-state index contributed by atoms with van der Waals surface area (Å²) in [6.45, 7) is 0.608. The van der Waals surface area contributed by atoms with Crippen molar-refractivity contribution in [2.45, 2.75) is 70.6 Å². The molecule has 0 heterocycles. The first-order chi connectivity index (χ1) is 12.7. The van der Waals surface area contributed by atoms with Crippen molar-refractivity contribution < 1.29 is 19.4 Å². The third-order valence-electron chi connectivity index (χ3n) is 4.48. The molecule has 5 heteroatoms. The van der Waals surface area contributed by atoms with Gasteiger partial charge >= 0.3 is 0 Å². The molecule has 0 bridgehead atoms. The number of rotatable bonds is 16. The summed E-state index contributed by atoms with van der Waals surface area (Å²) >= 11 is 3.47. The van der Waals surface area contributed by atoms with Crippen LogP contribution in [0.4, 0.5) is 0 Å². The van der Waals surface area contributed by atoms with Crippen molar-refractivity contribution in [1.29, 1.82) is 0 Å². The van der Waals surface area contributed by atoms with Gasteiger partial charge in [-0.3, -0.25) is 4.79 Å². The third-order valence-corrected chi connectivity index (χ3v) is 5.04. The lowest BCUT2D eigenvalue weighted by Crippen LogP contribution is -1.99. The zero-order chi connectivity index (χ0) is 19.0. The number of hydrogen-bond acceptors (Lipinski definition) is 4. The lowest BCUT2D eigenvalue weighted by Gasteiger charge is -2.11. The molecule has 26 heavy (non-hydrogen) atoms. The fourth-order valence-electron chi connectivity index (χ4n) is 2.94. The van der Waals surface area contributed by atoms with E-state index in [-0.39, 0.29) is 11.3 Å². The van der Waals surface area contributed by atoms with E-state index in [2.05, 4.69) is 15.9 Å². The summed E-state index contributed by atoms with van der Waals surface area (Å²) in [7, 11) is 1.47. The second-order valence-corrected chi connectivity index (χ2v) is 7.40. The summed E-state index contributed by atoms with van der Waals surface area (Å²) in [4.78, 5) is 10.9. The average molecular weight is 429 g/mol. The topological polar surface area (TPSA) is 55.8 Å². The Labute approximate surface area is 166 Å². The van der Waals surface area contributed by atoms with E-state index < -0.39 is 0 Å². The molecule has 0 atom stereocenters. The lowest BCUT2D eigenvalue weighted by atomic mass is 10.1. The smallest absolute Gasteiger partial charge is 0.157 e. The van der Waals surface area contributed by atoms with Crippen molar-refractivity contribution in [3.05, 3.63) is 17.7 Å². The van der Waals surface area contributed by atoms with Crippen LogP contribution in [0, 0.1) is 0 Å². The van der Waals surface area contributed by atoms with Gasteiger partial charge in [-0.15, -0.1) is 0 Å². The van der Waals surface area contributed by atoms with Crippen LogP contribution < -0.4 is 9.47 Å². The molecule has 0 amide bonds. The molecule has 1 aromatic carbocycles. The van der Waals surface area contributed by atoms with Gasteiger partial charge in [-0.05, 0) is 12.8 Å². The number of phenols is 1. The van der Waals surface area contributed by atoms with E-state index in [0.717, 1.165) is 18.2 Å². The van der Waals surface area contributed by atoms with Gasteiger partial charge < -0.3 is 14.6 Å². The number of hydrogen-bond donors (Lipinski definition) is 1. The molecule has 1 aromatic rings. The Hall–Kier alpha value is -1.23. The van der Waals surface area contributed by atoms with Crippen LogP contribution in [0.25, 0.3) is 0 Å². The number of benzene rings is 1. The molecular weight excluding hydrogens is 396 g/mol. The number of alkyl halides is 1. The van der Waals surface area contributed by atoms with Crippen LogP contribution in [0.3, 0.4) is 0 Å². The molecule has 0 aliphatic heterocycles. The van der Waals surface area contributed by atoms with Gasteiger partial charge in [0.2, 0.25) is 0 Å². The maximum atomic E-state index is 10.9. The predicted molar refractivity (Wildman–Crippen MR) is 110 cm³/mol. The van der Waals surface area contributed by atoms with Gasteiger partial charge in [0.1, 0.15) is 17.2 Å². The van der Waals surface area contributed by atoms with Crippen LogP contribution in [0.2, 0.25) is 0 Å². The number of unbranched alkanes of at least 4 members (excludes halogenated alkanes) is 10. The Morgan fingerprint density at radius 2 is 1.46 bits per heavy atom. The predicted octanol–water partition coefficient (Wildman–Crippen LogP) is 6.28. The average Bonchev–Trinajstić information content (AvgIpc) is 2.65. The van der Waals surface area contributed by atoms with Gasteiger partial charge in [-0.2, -0.15) is 0 Å². The van der Waals surface area contributed by atoms with Gasteiger partial charge in [-0.25, -0.2) is 0 Å². The van der Waals surface area contributed by atoms with Crippen molar-refractivity contribution in [2.75, 3.05) is 19.0 Å². The number of ether oxygens (including phenoxy) is 2. The summed E-state index contributed by atoms with van der Waals surface area (Å²) in [5, 5.41) is 10.9. The minimum Gasteiger partial charge on any atom is -0.507 e. The number of phenolic OH excluding ortho intramolecular Hbond substituents is 1. The van der Waals surface area contributed by atoms with Crippen LogP contribution >= 0.6 is 15.9 Å². The number of carbonyl (C=O) groups is 1. The van der Waals surface area contributed by atoms with Gasteiger partial charge in [0, 0.05) is 17.5 Å². The SMILES string of the molecule is COc1cc(OCCCCCCCCCCCCCBr)cc(O)c1C=O. The van der Waals surface area contributed by atoms with Gasteiger partial charge in [0.25, 0.3) is 0 Å². The molecule has 4 nitrogen and oxygen atoms in total. The largest absolute Gasteiger partial charge is 0.507 e. The summed E-state index contributed by atoms with van der Waals surface area (Å²) in [5.41, 5.74) is 0.156. The summed E-state index contributed by atoms with van der Waals surface area (Å²) in [6.07, 6.45) is 14.7. The van der Waals surface area contributed by atoms with Crippen LogP contribution in [0.1, 0.15) is 81.0 Å². The van der Waals surface area contributed by atoms with E-state index in [4.69, 9.17) is 9.47 Å². The number of aldehydes is 1. The van der Waals surface area contributed by atoms with E-state index in [1.165, 1.54) is 71.0 Å². The number of aromatic hydroxyl groups is 1. The van der Waals surface area contributed by atoms with Crippen molar-refractivity contribution in [1.82, 2.24) is 0 Å². The second kappa shape index (κ2) is 14.9. The first-order valence-electron chi connectivity index (χ1n) is 9.78. The van der Waals surface area contributed by atoms with Gasteiger partial charge in [-0.1, -0.05) is 73.7 Å². The van der Waals surface area contributed by atoms with Gasteiger partial charge in [0.05, 0.1) is 19.3 Å². The van der Waals surface area contributed by atoms with E-state index in [1.54, 1.807) is 6.07 Å². The molecule has 0 aliphatic rings. The number of carbonyl (C=O) groups excluding carboxylic acids is 1. The molecule has 0 fully saturated rings. The summed E-state index contributed by atoms with van der Waals surface area (Å²) in [6, 6.07) is 3.10. The molecule has 1 N–H and O–H groups in total. The molecule has 0 saturated carbocycles. The van der Waals surface area contributed by atoms with Crippen molar-refractivity contribution in [2.24, 2.45) is 0 Å². The molecule has 0 unspecified atom stereocenters. The van der Waals surface area contributed by atoms with E-state index in [9.17, 15) is 9.90 Å². The maximum Gasteiger partial charge on any atom is 0.157 e. The van der Waals surface area contributed by atoms with Crippen LogP contribution in [0.5, 0.6) is 17.2 Å². The number of methoxy groups -OCH3 is 1.